The largest absolute Gasteiger partial charge is 0.444 e. The number of amides is 1. The van der Waals surface area contributed by atoms with E-state index in [2.05, 4.69) is 21.0 Å². The normalized spacial score (nSPS) is 15.2. The highest BCUT2D eigenvalue weighted by Crippen LogP contribution is 2.47. The van der Waals surface area contributed by atoms with E-state index in [0.717, 1.165) is 11.1 Å². The molecule has 0 fully saturated rings. The molecule has 10 nitrogen and oxygen atoms in total. The number of carbonyl (C=O) groups is 1. The van der Waals surface area contributed by atoms with E-state index in [1.54, 1.807) is 6.07 Å². The smallest absolute Gasteiger partial charge is 0.416 e. The van der Waals surface area contributed by atoms with Gasteiger partial charge in [0, 0.05) is 35.5 Å². The fourth-order valence-corrected chi connectivity index (χ4v) is 4.46. The van der Waals surface area contributed by atoms with E-state index in [-0.39, 0.29) is 29.9 Å². The standard InChI is InChI=1S/C25H18BrF3N4O6/c1-13-3-5-15(6-4-13)19-12-20(31(30-19)14(2)34)18-11-17(26)7-8-23(18)39-24-21(32(35)36)9-16(25(27,28)29)10-22(24)33(37)38/h3-11,20H,12H2,1-2H3. The van der Waals surface area contributed by atoms with Crippen molar-refractivity contribution in [1.82, 2.24) is 5.01 Å². The van der Waals surface area contributed by atoms with Gasteiger partial charge in [-0.25, -0.2) is 5.01 Å². The average Bonchev–Trinajstić information content (AvgIpc) is 3.30. The zero-order valence-electron chi connectivity index (χ0n) is 20.2. The molecule has 0 aromatic heterocycles. The number of nitro benzene ring substituents is 2. The molecular weight excluding hydrogens is 589 g/mol. The molecule has 0 N–H and O–H groups in total. The van der Waals surface area contributed by atoms with Gasteiger partial charge in [-0.15, -0.1) is 0 Å². The van der Waals surface area contributed by atoms with Gasteiger partial charge in [-0.2, -0.15) is 18.3 Å². The van der Waals surface area contributed by atoms with Crippen molar-refractivity contribution < 1.29 is 32.5 Å². The molecule has 3 aromatic carbocycles. The molecule has 0 radical (unpaired) electrons. The highest BCUT2D eigenvalue weighted by atomic mass is 79.9. The molecule has 3 aromatic rings. The second-order valence-corrected chi connectivity index (χ2v) is 9.55. The quantitative estimate of drug-likeness (QED) is 0.218. The molecule has 4 rings (SSSR count). The maximum atomic E-state index is 13.3. The van der Waals surface area contributed by atoms with Gasteiger partial charge in [-0.05, 0) is 30.7 Å². The number of alkyl halides is 3. The summed E-state index contributed by atoms with van der Waals surface area (Å²) in [5, 5.41) is 29.0. The number of nitrogens with zero attached hydrogens (tertiary/aromatic N) is 4. The number of nitro groups is 2. The van der Waals surface area contributed by atoms with Crippen molar-refractivity contribution in [2.45, 2.75) is 32.5 Å². The van der Waals surface area contributed by atoms with Crippen molar-refractivity contribution in [3.8, 4) is 11.5 Å². The van der Waals surface area contributed by atoms with E-state index in [4.69, 9.17) is 4.74 Å². The summed E-state index contributed by atoms with van der Waals surface area (Å²) in [4.78, 5) is 33.5. The molecule has 0 bridgehead atoms. The number of benzene rings is 3. The summed E-state index contributed by atoms with van der Waals surface area (Å²) in [6, 6.07) is 11.4. The number of hydrogen-bond acceptors (Lipinski definition) is 7. The summed E-state index contributed by atoms with van der Waals surface area (Å²) < 4.78 is 46.1. The molecule has 39 heavy (non-hydrogen) atoms. The maximum absolute atomic E-state index is 13.3. The highest BCUT2D eigenvalue weighted by molar-refractivity contribution is 9.10. The average molecular weight is 607 g/mol. The molecule has 1 aliphatic heterocycles. The molecule has 1 aliphatic rings. The van der Waals surface area contributed by atoms with Crippen LogP contribution in [-0.2, 0) is 11.0 Å². The number of carbonyl (C=O) groups excluding carboxylic acids is 1. The third-order valence-electron chi connectivity index (χ3n) is 5.93. The summed E-state index contributed by atoms with van der Waals surface area (Å²) in [7, 11) is 0. The minimum Gasteiger partial charge on any atom is -0.444 e. The van der Waals surface area contributed by atoms with Crippen LogP contribution in [0.5, 0.6) is 11.5 Å². The summed E-state index contributed by atoms with van der Waals surface area (Å²) in [5.74, 6) is -1.55. The summed E-state index contributed by atoms with van der Waals surface area (Å²) >= 11 is 3.32. The van der Waals surface area contributed by atoms with Crippen LogP contribution in [0.3, 0.4) is 0 Å². The minimum atomic E-state index is -5.08. The molecule has 1 unspecified atom stereocenters. The number of rotatable bonds is 6. The lowest BCUT2D eigenvalue weighted by molar-refractivity contribution is -0.396. The van der Waals surface area contributed by atoms with E-state index in [1.807, 2.05) is 31.2 Å². The van der Waals surface area contributed by atoms with Gasteiger partial charge in [-0.3, -0.25) is 25.0 Å². The van der Waals surface area contributed by atoms with Gasteiger partial charge in [-0.1, -0.05) is 45.8 Å². The topological polar surface area (TPSA) is 128 Å². The van der Waals surface area contributed by atoms with Crippen LogP contribution in [0.2, 0.25) is 0 Å². The van der Waals surface area contributed by atoms with E-state index in [9.17, 15) is 38.2 Å². The molecule has 0 spiro atoms. The summed E-state index contributed by atoms with van der Waals surface area (Å²) in [6.45, 7) is 3.20. The summed E-state index contributed by atoms with van der Waals surface area (Å²) in [5.41, 5.74) is -1.45. The number of aryl methyl sites for hydroxylation is 1. The fourth-order valence-electron chi connectivity index (χ4n) is 4.08. The van der Waals surface area contributed by atoms with Crippen LogP contribution in [0, 0.1) is 27.2 Å². The van der Waals surface area contributed by atoms with Crippen LogP contribution in [0.25, 0.3) is 0 Å². The number of halogens is 4. The van der Waals surface area contributed by atoms with Gasteiger partial charge < -0.3 is 4.74 Å². The molecule has 14 heteroatoms. The number of ether oxygens (including phenoxy) is 1. The Morgan fingerprint density at radius 3 is 2.15 bits per heavy atom. The second-order valence-electron chi connectivity index (χ2n) is 8.64. The van der Waals surface area contributed by atoms with Crippen molar-refractivity contribution in [3.05, 3.63) is 102 Å². The first-order valence-electron chi connectivity index (χ1n) is 11.2. The van der Waals surface area contributed by atoms with Gasteiger partial charge in [0.15, 0.2) is 0 Å². The molecule has 1 amide bonds. The fraction of sp³-hybridized carbons (Fsp3) is 0.200. The van der Waals surface area contributed by atoms with Crippen molar-refractivity contribution in [3.63, 3.8) is 0 Å². The predicted molar refractivity (Wildman–Crippen MR) is 137 cm³/mol. The van der Waals surface area contributed by atoms with Crippen molar-refractivity contribution in [2.75, 3.05) is 0 Å². The van der Waals surface area contributed by atoms with Crippen LogP contribution >= 0.6 is 15.9 Å². The Balaban J connectivity index is 1.83. The lowest BCUT2D eigenvalue weighted by Crippen LogP contribution is -2.24. The van der Waals surface area contributed by atoms with Crippen LogP contribution in [0.4, 0.5) is 24.5 Å². The van der Waals surface area contributed by atoms with E-state index >= 15 is 0 Å². The monoisotopic (exact) mass is 606 g/mol. The van der Waals surface area contributed by atoms with E-state index in [0.29, 0.717) is 10.2 Å². The SMILES string of the molecule is CC(=O)N1N=C(c2ccc(C)cc2)CC1c1cc(Br)ccc1Oc1c([N+](=O)[O-])cc(C(F)(F)F)cc1[N+](=O)[O-]. The molecule has 1 atom stereocenters. The van der Waals surface area contributed by atoms with Crippen LogP contribution in [-0.4, -0.2) is 26.5 Å². The van der Waals surface area contributed by atoms with Gasteiger partial charge in [0.25, 0.3) is 5.75 Å². The zero-order chi connectivity index (χ0) is 28.6. The third kappa shape index (κ3) is 5.74. The van der Waals surface area contributed by atoms with Gasteiger partial charge in [0.05, 0.1) is 27.2 Å². The molecule has 202 valence electrons. The second kappa shape index (κ2) is 10.4. The Morgan fingerprint density at radius 2 is 1.64 bits per heavy atom. The Bertz CT molecular complexity index is 1490. The lowest BCUT2D eigenvalue weighted by Gasteiger charge is -2.23. The van der Waals surface area contributed by atoms with Crippen molar-refractivity contribution >= 4 is 38.9 Å². The minimum absolute atomic E-state index is 0.138. The molecule has 0 aliphatic carbocycles. The molecular formula is C25H18BrF3N4O6. The van der Waals surface area contributed by atoms with Crippen LogP contribution in [0.1, 0.15) is 41.6 Å². The summed E-state index contributed by atoms with van der Waals surface area (Å²) in [6.07, 6.45) is -4.88. The van der Waals surface area contributed by atoms with Gasteiger partial charge >= 0.3 is 17.6 Å². The Morgan fingerprint density at radius 1 is 1.05 bits per heavy atom. The Hall–Kier alpha value is -4.33. The Kier molecular flexibility index (Phi) is 7.41. The van der Waals surface area contributed by atoms with Crippen molar-refractivity contribution in [2.24, 2.45) is 5.10 Å². The maximum Gasteiger partial charge on any atom is 0.416 e. The Labute approximate surface area is 227 Å². The predicted octanol–water partition coefficient (Wildman–Crippen LogP) is 7.08. The van der Waals surface area contributed by atoms with Crippen LogP contribution < -0.4 is 4.74 Å². The first-order valence-corrected chi connectivity index (χ1v) is 12.0. The van der Waals surface area contributed by atoms with Crippen molar-refractivity contribution in [1.29, 1.82) is 0 Å². The zero-order valence-corrected chi connectivity index (χ0v) is 21.8. The van der Waals surface area contributed by atoms with E-state index in [1.165, 1.54) is 24.1 Å². The van der Waals surface area contributed by atoms with E-state index < -0.39 is 50.7 Å². The molecule has 0 saturated heterocycles. The number of hydrazone groups is 1. The molecule has 0 saturated carbocycles. The first kappa shape index (κ1) is 27.7. The third-order valence-corrected chi connectivity index (χ3v) is 6.42. The van der Waals surface area contributed by atoms with Crippen LogP contribution in [0.15, 0.2) is 64.2 Å². The van der Waals surface area contributed by atoms with Gasteiger partial charge in [0.2, 0.25) is 5.91 Å². The van der Waals surface area contributed by atoms with Gasteiger partial charge in [0.1, 0.15) is 5.75 Å². The lowest BCUT2D eigenvalue weighted by atomic mass is 9.97. The highest BCUT2D eigenvalue weighted by Gasteiger charge is 2.40. The number of hydrogen-bond donors (Lipinski definition) is 0. The first-order chi connectivity index (χ1) is 18.3. The molecule has 1 heterocycles.